The van der Waals surface area contributed by atoms with Crippen LogP contribution in [0.4, 0.5) is 10.5 Å². The van der Waals surface area contributed by atoms with E-state index in [1.54, 1.807) is 0 Å². The summed E-state index contributed by atoms with van der Waals surface area (Å²) in [5.41, 5.74) is 10.1. The van der Waals surface area contributed by atoms with Gasteiger partial charge < -0.3 is 41.2 Å². The van der Waals surface area contributed by atoms with Crippen LogP contribution in [-0.4, -0.2) is 61.2 Å². The third-order valence-corrected chi connectivity index (χ3v) is 2.73. The minimum atomic E-state index is -1.08. The number of aliphatic carboxylic acids is 1. The van der Waals surface area contributed by atoms with E-state index in [9.17, 15) is 19.5 Å². The van der Waals surface area contributed by atoms with Gasteiger partial charge in [0.2, 0.25) is 0 Å². The Hall–Kier alpha value is -3.05. The van der Waals surface area contributed by atoms with Gasteiger partial charge in [-0.2, -0.15) is 0 Å². The fraction of sp³-hybridized carbons (Fsp3) is 0.357. The third kappa shape index (κ3) is 6.93. The van der Waals surface area contributed by atoms with Crippen molar-refractivity contribution in [3.63, 3.8) is 0 Å². The average Bonchev–Trinajstić information content (AvgIpc) is 2.53. The maximum atomic E-state index is 11.6. The molecule has 0 unspecified atom stereocenters. The second kappa shape index (κ2) is 9.95. The Bertz CT molecular complexity index is 635. The van der Waals surface area contributed by atoms with Crippen LogP contribution >= 0.6 is 0 Å². The third-order valence-electron chi connectivity index (χ3n) is 2.73. The number of nitrogens with two attached hydrogens (primary N) is 2. The van der Waals surface area contributed by atoms with Crippen molar-refractivity contribution in [1.82, 2.24) is 5.32 Å². The number of ether oxygens (including phenoxy) is 3. The number of nitrogen functional groups attached to an aromatic ring is 1. The molecule has 0 aromatic heterocycles. The van der Waals surface area contributed by atoms with Crippen molar-refractivity contribution in [1.29, 1.82) is 0 Å². The summed E-state index contributed by atoms with van der Waals surface area (Å²) in [4.78, 5) is 33.2. The molecular formula is C14H19N3O8. The van der Waals surface area contributed by atoms with Gasteiger partial charge in [0.25, 0.3) is 5.91 Å². The van der Waals surface area contributed by atoms with Crippen molar-refractivity contribution in [3.8, 4) is 11.5 Å². The van der Waals surface area contributed by atoms with Crippen LogP contribution in [0.1, 0.15) is 10.4 Å². The van der Waals surface area contributed by atoms with Crippen LogP contribution in [0.25, 0.3) is 0 Å². The number of hydrogen-bond donors (Lipinski definition) is 5. The van der Waals surface area contributed by atoms with Gasteiger partial charge in [-0.25, -0.2) is 9.59 Å². The number of nitrogens with one attached hydrogen (secondary N) is 1. The van der Waals surface area contributed by atoms with Gasteiger partial charge in [0.1, 0.15) is 17.9 Å². The number of carboxylic acids is 1. The SMILES string of the molecule is NC(=O)c1c(OC(=O)NCCOCCOCC(=O)O)ccc(N)c1O. The molecule has 7 N–H and O–H groups in total. The van der Waals surface area contributed by atoms with Gasteiger partial charge in [-0.1, -0.05) is 0 Å². The van der Waals surface area contributed by atoms with Crippen molar-refractivity contribution >= 4 is 23.7 Å². The number of primary amides is 1. The van der Waals surface area contributed by atoms with E-state index in [2.05, 4.69) is 5.32 Å². The van der Waals surface area contributed by atoms with Crippen LogP contribution in [0.15, 0.2) is 12.1 Å². The quantitative estimate of drug-likeness (QED) is 0.205. The van der Waals surface area contributed by atoms with Gasteiger partial charge in [0.05, 0.1) is 25.5 Å². The van der Waals surface area contributed by atoms with Crippen molar-refractivity contribution in [2.75, 3.05) is 38.7 Å². The molecule has 0 atom stereocenters. The lowest BCUT2D eigenvalue weighted by atomic mass is 10.1. The molecule has 0 heterocycles. The van der Waals surface area contributed by atoms with Crippen molar-refractivity contribution in [2.45, 2.75) is 0 Å². The van der Waals surface area contributed by atoms with Crippen LogP contribution < -0.4 is 21.5 Å². The molecule has 0 saturated carbocycles. The minimum Gasteiger partial charge on any atom is -0.505 e. The predicted octanol–water partition coefficient (Wildman–Crippen LogP) is -0.720. The summed E-state index contributed by atoms with van der Waals surface area (Å²) >= 11 is 0. The first-order valence-corrected chi connectivity index (χ1v) is 7.07. The second-order valence-electron chi connectivity index (χ2n) is 4.62. The van der Waals surface area contributed by atoms with E-state index < -0.39 is 35.9 Å². The second-order valence-corrected chi connectivity index (χ2v) is 4.62. The van der Waals surface area contributed by atoms with Crippen molar-refractivity contribution in [2.24, 2.45) is 5.73 Å². The number of carbonyl (C=O) groups is 3. The lowest BCUT2D eigenvalue weighted by Crippen LogP contribution is -2.31. The molecule has 0 saturated heterocycles. The summed E-state index contributed by atoms with van der Waals surface area (Å²) in [6, 6.07) is 2.48. The van der Waals surface area contributed by atoms with E-state index in [0.29, 0.717) is 0 Å². The Labute approximate surface area is 142 Å². The number of carboxylic acid groups (broad SMARTS) is 1. The normalized spacial score (nSPS) is 10.2. The van der Waals surface area contributed by atoms with Crippen LogP contribution in [0.5, 0.6) is 11.5 Å². The monoisotopic (exact) mass is 357 g/mol. The van der Waals surface area contributed by atoms with E-state index >= 15 is 0 Å². The molecule has 0 bridgehead atoms. The molecule has 0 aliphatic carbocycles. The van der Waals surface area contributed by atoms with Crippen LogP contribution in [0.3, 0.4) is 0 Å². The number of anilines is 1. The molecule has 1 aromatic rings. The lowest BCUT2D eigenvalue weighted by Gasteiger charge is -2.11. The predicted molar refractivity (Wildman–Crippen MR) is 84.3 cm³/mol. The highest BCUT2D eigenvalue weighted by Gasteiger charge is 2.19. The number of hydrogen-bond acceptors (Lipinski definition) is 8. The summed E-state index contributed by atoms with van der Waals surface area (Å²) in [6.07, 6.45) is -0.891. The molecule has 1 aromatic carbocycles. The summed E-state index contributed by atoms with van der Waals surface area (Å²) < 4.78 is 14.7. The molecule has 0 aliphatic heterocycles. The topological polar surface area (TPSA) is 183 Å². The van der Waals surface area contributed by atoms with E-state index in [1.165, 1.54) is 12.1 Å². The Morgan fingerprint density at radius 3 is 2.44 bits per heavy atom. The highest BCUT2D eigenvalue weighted by atomic mass is 16.6. The van der Waals surface area contributed by atoms with E-state index in [4.69, 9.17) is 30.8 Å². The van der Waals surface area contributed by atoms with E-state index in [-0.39, 0.29) is 37.8 Å². The number of phenols is 1. The van der Waals surface area contributed by atoms with E-state index in [0.717, 1.165) is 0 Å². The fourth-order valence-electron chi connectivity index (χ4n) is 1.65. The van der Waals surface area contributed by atoms with Gasteiger partial charge in [-0.15, -0.1) is 0 Å². The zero-order valence-electron chi connectivity index (χ0n) is 13.2. The minimum absolute atomic E-state index is 0.0833. The van der Waals surface area contributed by atoms with Crippen LogP contribution in [-0.2, 0) is 14.3 Å². The Morgan fingerprint density at radius 2 is 1.80 bits per heavy atom. The Morgan fingerprint density at radius 1 is 1.12 bits per heavy atom. The van der Waals surface area contributed by atoms with Gasteiger partial charge in [0.15, 0.2) is 5.75 Å². The van der Waals surface area contributed by atoms with Gasteiger partial charge >= 0.3 is 12.1 Å². The van der Waals surface area contributed by atoms with Gasteiger partial charge in [-0.3, -0.25) is 4.79 Å². The largest absolute Gasteiger partial charge is 0.505 e. The zero-order valence-corrected chi connectivity index (χ0v) is 13.2. The molecule has 0 radical (unpaired) electrons. The average molecular weight is 357 g/mol. The Balaban J connectivity index is 2.35. The van der Waals surface area contributed by atoms with Crippen LogP contribution in [0, 0.1) is 0 Å². The summed E-state index contributed by atoms with van der Waals surface area (Å²) in [7, 11) is 0. The number of amides is 2. The first-order valence-electron chi connectivity index (χ1n) is 7.07. The zero-order chi connectivity index (χ0) is 18.8. The number of carbonyl (C=O) groups excluding carboxylic acids is 2. The first-order chi connectivity index (χ1) is 11.8. The fourth-order valence-corrected chi connectivity index (χ4v) is 1.65. The molecular weight excluding hydrogens is 338 g/mol. The van der Waals surface area contributed by atoms with Crippen molar-refractivity contribution in [3.05, 3.63) is 17.7 Å². The number of benzene rings is 1. The van der Waals surface area contributed by atoms with Gasteiger partial charge in [-0.05, 0) is 12.1 Å². The Kier molecular flexibility index (Phi) is 7.96. The summed E-state index contributed by atoms with van der Waals surface area (Å²) in [5, 5.41) is 20.4. The molecule has 11 heteroatoms. The molecule has 25 heavy (non-hydrogen) atoms. The lowest BCUT2D eigenvalue weighted by molar-refractivity contribution is -0.142. The standard InChI is InChI=1S/C14H19N3O8/c15-8-1-2-9(11(12(8)20)13(16)21)25-14(22)17-3-4-23-5-6-24-7-10(18)19/h1-2,20H,3-7,15H2,(H2,16,21)(H,17,22)(H,18,19). The maximum absolute atomic E-state index is 11.6. The summed E-state index contributed by atoms with van der Waals surface area (Å²) in [5.74, 6) is -2.88. The molecule has 0 spiro atoms. The van der Waals surface area contributed by atoms with Crippen LogP contribution in [0.2, 0.25) is 0 Å². The first kappa shape index (κ1) is 20.0. The summed E-state index contributed by atoms with van der Waals surface area (Å²) in [6.45, 7) is 0.0570. The maximum Gasteiger partial charge on any atom is 0.412 e. The highest BCUT2D eigenvalue weighted by molar-refractivity contribution is 6.00. The highest BCUT2D eigenvalue weighted by Crippen LogP contribution is 2.32. The number of aromatic hydroxyl groups is 1. The molecule has 1 rings (SSSR count). The molecule has 0 aliphatic rings. The van der Waals surface area contributed by atoms with E-state index in [1.807, 2.05) is 0 Å². The molecule has 138 valence electrons. The molecule has 2 amide bonds. The van der Waals surface area contributed by atoms with Gasteiger partial charge in [0, 0.05) is 6.54 Å². The smallest absolute Gasteiger partial charge is 0.412 e. The molecule has 11 nitrogen and oxygen atoms in total. The molecule has 0 fully saturated rings. The van der Waals surface area contributed by atoms with Crippen molar-refractivity contribution < 1.29 is 38.8 Å². The number of rotatable bonds is 10.